The normalized spacial score (nSPS) is 13.5. The lowest BCUT2D eigenvalue weighted by Gasteiger charge is -2.21. The van der Waals surface area contributed by atoms with Crippen molar-refractivity contribution in [2.24, 2.45) is 5.41 Å². The van der Waals surface area contributed by atoms with Gasteiger partial charge in [-0.2, -0.15) is 0 Å². The van der Waals surface area contributed by atoms with Crippen molar-refractivity contribution in [1.29, 1.82) is 0 Å². The average Bonchev–Trinajstić information content (AvgIpc) is 2.48. The van der Waals surface area contributed by atoms with Crippen LogP contribution in [0, 0.1) is 17.0 Å². The van der Waals surface area contributed by atoms with Crippen LogP contribution in [0.4, 0.5) is 14.5 Å². The van der Waals surface area contributed by atoms with Crippen molar-refractivity contribution < 1.29 is 27.9 Å². The van der Waals surface area contributed by atoms with Gasteiger partial charge in [0.2, 0.25) is 5.91 Å². The third-order valence-electron chi connectivity index (χ3n) is 3.30. The van der Waals surface area contributed by atoms with Crippen LogP contribution in [0.3, 0.4) is 0 Å². The lowest BCUT2D eigenvalue weighted by Crippen LogP contribution is -2.43. The molecule has 0 radical (unpaired) electrons. The largest absolute Gasteiger partial charge is 0.451 e. The quantitative estimate of drug-likeness (QED) is 0.754. The summed E-state index contributed by atoms with van der Waals surface area (Å²) in [6, 6.07) is 2.17. The standard InChI is InChI=1S/C18H24F2N2O4/c1-10(21-14(23)9-18(3,4)5)17(25)26-11(2)16(24)22-15-12(19)7-6-8-13(15)20/h6-8,10-11H,9H2,1-5H3,(H,21,23)(H,22,24). The van der Waals surface area contributed by atoms with Gasteiger partial charge in [0.05, 0.1) is 0 Å². The molecular formula is C18H24F2N2O4. The van der Waals surface area contributed by atoms with E-state index in [1.807, 2.05) is 26.1 Å². The number of carbonyl (C=O) groups is 3. The molecule has 1 rings (SSSR count). The van der Waals surface area contributed by atoms with E-state index in [2.05, 4.69) is 5.32 Å². The van der Waals surface area contributed by atoms with Crippen molar-refractivity contribution in [2.75, 3.05) is 5.32 Å². The zero-order chi connectivity index (χ0) is 20.1. The number of esters is 1. The zero-order valence-corrected chi connectivity index (χ0v) is 15.5. The molecule has 0 aliphatic carbocycles. The molecule has 0 saturated heterocycles. The summed E-state index contributed by atoms with van der Waals surface area (Å²) >= 11 is 0. The molecule has 0 fully saturated rings. The second-order valence-electron chi connectivity index (χ2n) is 7.19. The molecule has 0 heterocycles. The fraction of sp³-hybridized carbons (Fsp3) is 0.500. The third-order valence-corrected chi connectivity index (χ3v) is 3.30. The van der Waals surface area contributed by atoms with E-state index >= 15 is 0 Å². The average molecular weight is 370 g/mol. The van der Waals surface area contributed by atoms with E-state index < -0.39 is 41.3 Å². The minimum Gasteiger partial charge on any atom is -0.451 e. The van der Waals surface area contributed by atoms with Crippen LogP contribution in [-0.2, 0) is 19.1 Å². The number of para-hydroxylation sites is 1. The van der Waals surface area contributed by atoms with Crippen LogP contribution in [0.2, 0.25) is 0 Å². The number of carbonyl (C=O) groups excluding carboxylic acids is 3. The Labute approximate surface area is 151 Å². The van der Waals surface area contributed by atoms with Crippen LogP contribution in [0.5, 0.6) is 0 Å². The molecule has 1 aromatic rings. The smallest absolute Gasteiger partial charge is 0.329 e. The van der Waals surface area contributed by atoms with Gasteiger partial charge in [-0.3, -0.25) is 9.59 Å². The van der Waals surface area contributed by atoms with Crippen molar-refractivity contribution in [1.82, 2.24) is 5.32 Å². The maximum Gasteiger partial charge on any atom is 0.329 e. The molecule has 6 nitrogen and oxygen atoms in total. The minimum atomic E-state index is -1.30. The summed E-state index contributed by atoms with van der Waals surface area (Å²) in [6.07, 6.45) is -1.09. The van der Waals surface area contributed by atoms with Gasteiger partial charge in [0, 0.05) is 6.42 Å². The number of ether oxygens (including phenoxy) is 1. The predicted octanol–water partition coefficient (Wildman–Crippen LogP) is 2.78. The zero-order valence-electron chi connectivity index (χ0n) is 15.5. The first-order valence-electron chi connectivity index (χ1n) is 8.15. The molecule has 2 unspecified atom stereocenters. The van der Waals surface area contributed by atoms with Crippen LogP contribution >= 0.6 is 0 Å². The molecule has 0 saturated carbocycles. The Bertz CT molecular complexity index is 666. The van der Waals surface area contributed by atoms with Gasteiger partial charge < -0.3 is 15.4 Å². The number of anilines is 1. The van der Waals surface area contributed by atoms with Gasteiger partial charge in [-0.15, -0.1) is 0 Å². The highest BCUT2D eigenvalue weighted by molar-refractivity contribution is 5.95. The molecule has 0 aliphatic rings. The number of hydrogen-bond donors (Lipinski definition) is 2. The summed E-state index contributed by atoms with van der Waals surface area (Å²) in [5.41, 5.74) is -0.864. The molecular weight excluding hydrogens is 346 g/mol. The molecule has 0 aliphatic heterocycles. The fourth-order valence-corrected chi connectivity index (χ4v) is 2.00. The predicted molar refractivity (Wildman–Crippen MR) is 92.2 cm³/mol. The van der Waals surface area contributed by atoms with Crippen molar-refractivity contribution in [3.8, 4) is 0 Å². The summed E-state index contributed by atoms with van der Waals surface area (Å²) in [7, 11) is 0. The van der Waals surface area contributed by atoms with E-state index in [0.29, 0.717) is 0 Å². The second-order valence-corrected chi connectivity index (χ2v) is 7.19. The first-order chi connectivity index (χ1) is 11.9. The van der Waals surface area contributed by atoms with Crippen molar-refractivity contribution >= 4 is 23.5 Å². The van der Waals surface area contributed by atoms with E-state index in [4.69, 9.17) is 4.74 Å². The molecule has 2 N–H and O–H groups in total. The molecule has 2 amide bonds. The van der Waals surface area contributed by atoms with E-state index in [1.165, 1.54) is 13.8 Å². The SMILES string of the molecule is CC(NC(=O)CC(C)(C)C)C(=O)OC(C)C(=O)Nc1c(F)cccc1F. The Morgan fingerprint density at radius 2 is 1.65 bits per heavy atom. The lowest BCUT2D eigenvalue weighted by atomic mass is 9.92. The Morgan fingerprint density at radius 1 is 1.12 bits per heavy atom. The molecule has 0 spiro atoms. The summed E-state index contributed by atoms with van der Waals surface area (Å²) < 4.78 is 32.0. The van der Waals surface area contributed by atoms with E-state index in [-0.39, 0.29) is 17.7 Å². The highest BCUT2D eigenvalue weighted by Crippen LogP contribution is 2.19. The number of rotatable bonds is 6. The summed E-state index contributed by atoms with van der Waals surface area (Å²) in [6.45, 7) is 8.32. The number of amides is 2. The maximum absolute atomic E-state index is 13.5. The number of benzene rings is 1. The highest BCUT2D eigenvalue weighted by Gasteiger charge is 2.25. The molecule has 144 valence electrons. The Balaban J connectivity index is 2.60. The van der Waals surface area contributed by atoms with Crippen molar-refractivity contribution in [3.63, 3.8) is 0 Å². The second kappa shape index (κ2) is 8.73. The number of nitrogens with one attached hydrogen (secondary N) is 2. The van der Waals surface area contributed by atoms with E-state index in [1.54, 1.807) is 0 Å². The Morgan fingerprint density at radius 3 is 2.15 bits per heavy atom. The monoisotopic (exact) mass is 370 g/mol. The van der Waals surface area contributed by atoms with Crippen LogP contribution in [0.25, 0.3) is 0 Å². The molecule has 2 atom stereocenters. The summed E-state index contributed by atoms with van der Waals surface area (Å²) in [5.74, 6) is -3.94. The summed E-state index contributed by atoms with van der Waals surface area (Å²) in [4.78, 5) is 35.8. The summed E-state index contributed by atoms with van der Waals surface area (Å²) in [5, 5.41) is 4.52. The lowest BCUT2D eigenvalue weighted by molar-refractivity contribution is -0.155. The van der Waals surface area contributed by atoms with Crippen molar-refractivity contribution in [3.05, 3.63) is 29.8 Å². The minimum absolute atomic E-state index is 0.215. The van der Waals surface area contributed by atoms with Gasteiger partial charge in [0.15, 0.2) is 6.10 Å². The molecule has 0 bridgehead atoms. The van der Waals surface area contributed by atoms with Crippen molar-refractivity contribution in [2.45, 2.75) is 53.2 Å². The highest BCUT2D eigenvalue weighted by atomic mass is 19.1. The Kier molecular flexibility index (Phi) is 7.23. The van der Waals surface area contributed by atoms with E-state index in [0.717, 1.165) is 18.2 Å². The van der Waals surface area contributed by atoms with Crippen LogP contribution < -0.4 is 10.6 Å². The van der Waals surface area contributed by atoms with E-state index in [9.17, 15) is 23.2 Å². The van der Waals surface area contributed by atoms with Crippen LogP contribution in [-0.4, -0.2) is 29.9 Å². The Hall–Kier alpha value is -2.51. The molecule has 1 aromatic carbocycles. The first kappa shape index (κ1) is 21.5. The first-order valence-corrected chi connectivity index (χ1v) is 8.15. The topological polar surface area (TPSA) is 84.5 Å². The van der Waals surface area contributed by atoms with Gasteiger partial charge in [-0.1, -0.05) is 26.8 Å². The van der Waals surface area contributed by atoms with Gasteiger partial charge in [-0.25, -0.2) is 13.6 Å². The third kappa shape index (κ3) is 6.78. The molecule has 8 heteroatoms. The number of halogens is 2. The van der Waals surface area contributed by atoms with Gasteiger partial charge in [0.1, 0.15) is 23.4 Å². The molecule has 26 heavy (non-hydrogen) atoms. The fourth-order valence-electron chi connectivity index (χ4n) is 2.00. The van der Waals surface area contributed by atoms with Gasteiger partial charge >= 0.3 is 5.97 Å². The molecule has 0 aromatic heterocycles. The van der Waals surface area contributed by atoms with Crippen LogP contribution in [0.1, 0.15) is 41.0 Å². The number of hydrogen-bond acceptors (Lipinski definition) is 4. The van der Waals surface area contributed by atoms with Gasteiger partial charge in [-0.05, 0) is 31.4 Å². The maximum atomic E-state index is 13.5. The van der Waals surface area contributed by atoms with Gasteiger partial charge in [0.25, 0.3) is 5.91 Å². The van der Waals surface area contributed by atoms with Crippen LogP contribution in [0.15, 0.2) is 18.2 Å².